The minimum atomic E-state index is -4.74. The average Bonchev–Trinajstić information content (AvgIpc) is 3.32. The summed E-state index contributed by atoms with van der Waals surface area (Å²) in [6.45, 7) is 3.80. The molecule has 4 nitrogen and oxygen atoms in total. The van der Waals surface area contributed by atoms with Crippen LogP contribution in [0.1, 0.15) is 33.1 Å². The molecule has 0 radical (unpaired) electrons. The van der Waals surface area contributed by atoms with Crippen molar-refractivity contribution in [3.63, 3.8) is 0 Å². The van der Waals surface area contributed by atoms with Gasteiger partial charge in [-0.15, -0.1) is 34.4 Å². The highest BCUT2D eigenvalue weighted by atomic mass is 32.2. The van der Waals surface area contributed by atoms with Crippen molar-refractivity contribution in [1.82, 2.24) is 9.97 Å². The number of thioether (sulfide) groups is 1. The number of hydrogen-bond acceptors (Lipinski definition) is 6. The van der Waals surface area contributed by atoms with Crippen LogP contribution in [0.5, 0.6) is 0 Å². The van der Waals surface area contributed by atoms with Crippen LogP contribution in [0, 0.1) is 19.7 Å². The Morgan fingerprint density at radius 1 is 1.12 bits per heavy atom. The van der Waals surface area contributed by atoms with Crippen LogP contribution in [-0.4, -0.2) is 21.0 Å². The fraction of sp³-hybridized carbons (Fsp3) is 0.261. The molecule has 4 rings (SSSR count). The maximum atomic E-state index is 14.0. The average molecular weight is 527 g/mol. The first kappa shape index (κ1) is 24.6. The molecule has 0 atom stereocenters. The normalized spacial score (nSPS) is 11.9. The minimum Gasteiger partial charge on any atom is -0.481 e. The lowest BCUT2D eigenvalue weighted by Gasteiger charge is -2.08. The van der Waals surface area contributed by atoms with Gasteiger partial charge in [0.05, 0.1) is 32.9 Å². The lowest BCUT2D eigenvalue weighted by molar-refractivity contribution is -0.140. The number of hydrogen-bond donors (Lipinski definition) is 1. The summed E-state index contributed by atoms with van der Waals surface area (Å²) in [7, 11) is 0. The second kappa shape index (κ2) is 9.63. The second-order valence-electron chi connectivity index (χ2n) is 7.62. The number of aromatic nitrogens is 2. The van der Waals surface area contributed by atoms with Crippen LogP contribution in [-0.2, 0) is 23.1 Å². The number of thiazole rings is 2. The van der Waals surface area contributed by atoms with E-state index in [1.165, 1.54) is 28.7 Å². The largest absolute Gasteiger partial charge is 0.481 e. The molecular formula is C23H18F4N2O2S3. The van der Waals surface area contributed by atoms with Gasteiger partial charge in [-0.3, -0.25) is 4.79 Å². The predicted octanol–water partition coefficient (Wildman–Crippen LogP) is 7.50. The number of halogens is 4. The number of nitrogens with zero attached hydrogens (tertiary/aromatic N) is 2. The molecule has 4 aromatic rings. The molecule has 2 aromatic carbocycles. The minimum absolute atomic E-state index is 0.0225. The van der Waals surface area contributed by atoms with Gasteiger partial charge in [-0.05, 0) is 43.7 Å². The van der Waals surface area contributed by atoms with Crippen molar-refractivity contribution in [2.75, 3.05) is 0 Å². The molecule has 0 fully saturated rings. The summed E-state index contributed by atoms with van der Waals surface area (Å²) in [5.41, 5.74) is 1.63. The summed E-state index contributed by atoms with van der Waals surface area (Å²) in [4.78, 5) is 21.8. The second-order valence-corrected chi connectivity index (χ2v) is 10.8. The van der Waals surface area contributed by atoms with Crippen LogP contribution in [0.25, 0.3) is 20.8 Å². The molecule has 11 heteroatoms. The van der Waals surface area contributed by atoms with Gasteiger partial charge in [0.15, 0.2) is 0 Å². The Kier molecular flexibility index (Phi) is 6.97. The Hall–Kier alpha value is -2.50. The standard InChI is InChI=1S/C23H18F4N2O2S3/c1-11-7-16(21-17(8-11)33-19(29-21)5-6-20(30)31)32-10-18-12(2)28-22(34-18)13-3-4-14(15(24)9-13)23(25,26)27/h3-4,7-9H,5-6,10H2,1-2H3,(H,30,31). The zero-order chi connectivity index (χ0) is 24.6. The summed E-state index contributed by atoms with van der Waals surface area (Å²) in [6, 6.07) is 6.89. The third-order valence-electron chi connectivity index (χ3n) is 4.97. The molecule has 2 aromatic heterocycles. The molecule has 0 aliphatic carbocycles. The van der Waals surface area contributed by atoms with E-state index >= 15 is 0 Å². The van der Waals surface area contributed by atoms with Crippen LogP contribution in [0.15, 0.2) is 35.2 Å². The predicted molar refractivity (Wildman–Crippen MR) is 127 cm³/mol. The fourth-order valence-electron chi connectivity index (χ4n) is 3.31. The topological polar surface area (TPSA) is 63.1 Å². The summed E-state index contributed by atoms with van der Waals surface area (Å²) in [5.74, 6) is -1.62. The summed E-state index contributed by atoms with van der Waals surface area (Å²) < 4.78 is 53.5. The van der Waals surface area contributed by atoms with E-state index in [0.29, 0.717) is 22.7 Å². The molecular weight excluding hydrogens is 508 g/mol. The molecule has 0 unspecified atom stereocenters. The molecule has 0 spiro atoms. The summed E-state index contributed by atoms with van der Waals surface area (Å²) >= 11 is 4.36. The third-order valence-corrected chi connectivity index (χ3v) is 8.48. The van der Waals surface area contributed by atoms with Gasteiger partial charge in [-0.1, -0.05) is 6.07 Å². The molecule has 1 N–H and O–H groups in total. The SMILES string of the molecule is Cc1cc(SCc2sc(-c3ccc(C(F)(F)F)c(F)c3)nc2C)c2nc(CCC(=O)O)sc2c1. The molecule has 2 heterocycles. The maximum Gasteiger partial charge on any atom is 0.419 e. The van der Waals surface area contributed by atoms with Crippen LogP contribution < -0.4 is 0 Å². The Balaban J connectivity index is 1.56. The van der Waals surface area contributed by atoms with Crippen LogP contribution in [0.4, 0.5) is 17.6 Å². The Morgan fingerprint density at radius 2 is 1.88 bits per heavy atom. The van der Waals surface area contributed by atoms with E-state index in [1.807, 2.05) is 26.0 Å². The van der Waals surface area contributed by atoms with Crippen molar-refractivity contribution in [1.29, 1.82) is 0 Å². The lowest BCUT2D eigenvalue weighted by atomic mass is 10.1. The van der Waals surface area contributed by atoms with E-state index in [4.69, 9.17) is 5.11 Å². The first-order chi connectivity index (χ1) is 16.0. The van der Waals surface area contributed by atoms with Crippen molar-refractivity contribution in [2.24, 2.45) is 0 Å². The van der Waals surface area contributed by atoms with Crippen molar-refractivity contribution in [2.45, 2.75) is 43.5 Å². The van der Waals surface area contributed by atoms with Crippen LogP contribution in [0.2, 0.25) is 0 Å². The molecule has 178 valence electrons. The Morgan fingerprint density at radius 3 is 2.56 bits per heavy atom. The van der Waals surface area contributed by atoms with E-state index in [9.17, 15) is 22.4 Å². The highest BCUT2D eigenvalue weighted by Gasteiger charge is 2.34. The number of carboxylic acids is 1. The van der Waals surface area contributed by atoms with Gasteiger partial charge < -0.3 is 5.11 Å². The highest BCUT2D eigenvalue weighted by Crippen LogP contribution is 2.38. The van der Waals surface area contributed by atoms with Crippen LogP contribution in [0.3, 0.4) is 0 Å². The number of carbonyl (C=O) groups is 1. The van der Waals surface area contributed by atoms with Gasteiger partial charge >= 0.3 is 12.1 Å². The van der Waals surface area contributed by atoms with Gasteiger partial charge in [-0.2, -0.15) is 13.2 Å². The van der Waals surface area contributed by atoms with Crippen molar-refractivity contribution in [3.05, 3.63) is 62.9 Å². The number of fused-ring (bicyclic) bond motifs is 1. The smallest absolute Gasteiger partial charge is 0.419 e. The first-order valence-electron chi connectivity index (χ1n) is 10.1. The monoisotopic (exact) mass is 526 g/mol. The third kappa shape index (κ3) is 5.42. The summed E-state index contributed by atoms with van der Waals surface area (Å²) in [6.07, 6.45) is -4.35. The molecule has 0 amide bonds. The van der Waals surface area contributed by atoms with E-state index in [1.54, 1.807) is 11.8 Å². The summed E-state index contributed by atoms with van der Waals surface area (Å²) in [5, 5.41) is 10.2. The zero-order valence-corrected chi connectivity index (χ0v) is 20.4. The van der Waals surface area contributed by atoms with E-state index in [0.717, 1.165) is 48.4 Å². The molecule has 0 saturated carbocycles. The van der Waals surface area contributed by atoms with Crippen LogP contribution >= 0.6 is 34.4 Å². The first-order valence-corrected chi connectivity index (χ1v) is 12.7. The maximum absolute atomic E-state index is 14.0. The highest BCUT2D eigenvalue weighted by molar-refractivity contribution is 7.98. The lowest BCUT2D eigenvalue weighted by Crippen LogP contribution is -2.07. The van der Waals surface area contributed by atoms with Gasteiger partial charge in [-0.25, -0.2) is 14.4 Å². The molecule has 0 aliphatic rings. The number of aliphatic carboxylic acids is 1. The zero-order valence-electron chi connectivity index (χ0n) is 18.0. The molecule has 0 bridgehead atoms. The van der Waals surface area contributed by atoms with Crippen molar-refractivity contribution < 1.29 is 27.5 Å². The van der Waals surface area contributed by atoms with Gasteiger partial charge in [0.2, 0.25) is 0 Å². The molecule has 0 saturated heterocycles. The van der Waals surface area contributed by atoms with Gasteiger partial charge in [0.1, 0.15) is 10.8 Å². The van der Waals surface area contributed by atoms with Gasteiger partial charge in [0, 0.05) is 27.5 Å². The Labute approximate surface area is 204 Å². The quantitative estimate of drug-likeness (QED) is 0.200. The number of carboxylic acid groups (broad SMARTS) is 1. The Bertz CT molecular complexity index is 1380. The number of benzene rings is 2. The molecule has 0 aliphatic heterocycles. The fourth-order valence-corrected chi connectivity index (χ4v) is 6.79. The molecule has 34 heavy (non-hydrogen) atoms. The van der Waals surface area contributed by atoms with Crippen molar-refractivity contribution in [3.8, 4) is 10.6 Å². The van der Waals surface area contributed by atoms with E-state index in [-0.39, 0.29) is 6.42 Å². The van der Waals surface area contributed by atoms with Gasteiger partial charge in [0.25, 0.3) is 0 Å². The number of rotatable bonds is 7. The number of aryl methyl sites for hydroxylation is 3. The van der Waals surface area contributed by atoms with Crippen molar-refractivity contribution >= 4 is 50.6 Å². The van der Waals surface area contributed by atoms with E-state index in [2.05, 4.69) is 9.97 Å². The van der Waals surface area contributed by atoms with E-state index < -0.39 is 23.5 Å². The number of alkyl halides is 3.